The maximum absolute atomic E-state index is 13.1. The third-order valence-corrected chi connectivity index (χ3v) is 6.33. The molecule has 1 aliphatic rings. The number of benzene rings is 2. The van der Waals surface area contributed by atoms with Crippen LogP contribution < -0.4 is 0 Å². The molecule has 180 valence electrons. The molecule has 0 radical (unpaired) electrons. The number of nitrogens with zero attached hydrogens (tertiary/aromatic N) is 1. The summed E-state index contributed by atoms with van der Waals surface area (Å²) >= 11 is 3.16. The number of likely N-dealkylation sites (tertiary alicyclic amines) is 1. The molecule has 1 atom stereocenters. The van der Waals surface area contributed by atoms with Gasteiger partial charge >= 0.3 is 12.1 Å². The number of aliphatic carboxylic acids is 1. The van der Waals surface area contributed by atoms with Crippen molar-refractivity contribution in [3.8, 4) is 11.1 Å². The van der Waals surface area contributed by atoms with Crippen LogP contribution >= 0.6 is 15.9 Å². The zero-order valence-corrected chi connectivity index (χ0v) is 21.1. The van der Waals surface area contributed by atoms with Crippen LogP contribution in [0.3, 0.4) is 0 Å². The van der Waals surface area contributed by atoms with Crippen molar-refractivity contribution in [2.45, 2.75) is 51.2 Å². The number of hydrogen-bond acceptors (Lipinski definition) is 5. The number of halogens is 1. The number of carbonyl (C=O) groups is 4. The van der Waals surface area contributed by atoms with Gasteiger partial charge in [0.25, 0.3) is 0 Å². The van der Waals surface area contributed by atoms with E-state index in [0.717, 1.165) is 11.1 Å². The molecule has 3 rings (SSSR count). The number of amides is 1. The van der Waals surface area contributed by atoms with E-state index in [9.17, 15) is 24.3 Å². The summed E-state index contributed by atoms with van der Waals surface area (Å²) in [5.74, 6) is -1.58. The first kappa shape index (κ1) is 25.6. The number of rotatable bonds is 7. The maximum atomic E-state index is 13.1. The van der Waals surface area contributed by atoms with Crippen LogP contribution in [-0.4, -0.2) is 56.7 Å². The molecular weight excluding hydrogens is 502 g/mol. The SMILES string of the molecule is CC(C)(C)OC(=O)N1CCC[C@@]1(CC(=O)c1ccc(-c2ccc(C(=O)CBr)cc2)cc1)C(=O)O. The van der Waals surface area contributed by atoms with Crippen molar-refractivity contribution in [3.05, 3.63) is 59.7 Å². The lowest BCUT2D eigenvalue weighted by atomic mass is 9.87. The van der Waals surface area contributed by atoms with Gasteiger partial charge in [-0.1, -0.05) is 64.5 Å². The quantitative estimate of drug-likeness (QED) is 0.382. The lowest BCUT2D eigenvalue weighted by Crippen LogP contribution is -2.55. The van der Waals surface area contributed by atoms with Crippen LogP contribution in [0.25, 0.3) is 11.1 Å². The second-order valence-corrected chi connectivity index (χ2v) is 9.94. The zero-order chi connectivity index (χ0) is 25.1. The van der Waals surface area contributed by atoms with Crippen molar-refractivity contribution in [2.75, 3.05) is 11.9 Å². The van der Waals surface area contributed by atoms with E-state index >= 15 is 0 Å². The van der Waals surface area contributed by atoms with Gasteiger partial charge in [0.15, 0.2) is 17.1 Å². The number of hydrogen-bond donors (Lipinski definition) is 1. The van der Waals surface area contributed by atoms with Crippen molar-refractivity contribution < 1.29 is 29.0 Å². The number of alkyl halides is 1. The zero-order valence-electron chi connectivity index (χ0n) is 19.5. The Hall–Kier alpha value is -3.00. The monoisotopic (exact) mass is 529 g/mol. The minimum absolute atomic E-state index is 0.00723. The predicted octanol–water partition coefficient (Wildman–Crippen LogP) is 5.36. The van der Waals surface area contributed by atoms with Gasteiger partial charge in [0.05, 0.1) is 5.33 Å². The van der Waals surface area contributed by atoms with E-state index in [1.165, 1.54) is 4.90 Å². The fourth-order valence-electron chi connectivity index (χ4n) is 4.09. The van der Waals surface area contributed by atoms with Gasteiger partial charge in [-0.25, -0.2) is 9.59 Å². The Bertz CT molecular complexity index is 1090. The first-order valence-electron chi connectivity index (χ1n) is 11.0. The first-order chi connectivity index (χ1) is 16.0. The summed E-state index contributed by atoms with van der Waals surface area (Å²) in [5.41, 5.74) is 0.320. The minimum Gasteiger partial charge on any atom is -0.479 e. The van der Waals surface area contributed by atoms with E-state index in [-0.39, 0.29) is 36.3 Å². The second-order valence-electron chi connectivity index (χ2n) is 9.38. The number of ether oxygens (including phenoxy) is 1. The smallest absolute Gasteiger partial charge is 0.411 e. The number of carbonyl (C=O) groups excluding carboxylic acids is 3. The van der Waals surface area contributed by atoms with Crippen LogP contribution in [0.1, 0.15) is 60.7 Å². The van der Waals surface area contributed by atoms with Crippen molar-refractivity contribution >= 4 is 39.6 Å². The number of carboxylic acids is 1. The highest BCUT2D eigenvalue weighted by molar-refractivity contribution is 9.09. The number of ketones is 2. The lowest BCUT2D eigenvalue weighted by molar-refractivity contribution is -0.149. The fourth-order valence-corrected chi connectivity index (χ4v) is 4.41. The molecule has 0 aliphatic carbocycles. The van der Waals surface area contributed by atoms with Crippen molar-refractivity contribution in [3.63, 3.8) is 0 Å². The lowest BCUT2D eigenvalue weighted by Gasteiger charge is -2.35. The first-order valence-corrected chi connectivity index (χ1v) is 12.2. The molecule has 0 aromatic heterocycles. The van der Waals surface area contributed by atoms with E-state index in [1.807, 2.05) is 12.1 Å². The molecule has 2 aromatic rings. The molecule has 0 bridgehead atoms. The van der Waals surface area contributed by atoms with Crippen LogP contribution in [0.2, 0.25) is 0 Å². The van der Waals surface area contributed by atoms with E-state index in [4.69, 9.17) is 4.74 Å². The molecule has 7 nitrogen and oxygen atoms in total. The Morgan fingerprint density at radius 1 is 0.941 bits per heavy atom. The molecule has 1 fully saturated rings. The maximum Gasteiger partial charge on any atom is 0.411 e. The van der Waals surface area contributed by atoms with Gasteiger partial charge in [0.1, 0.15) is 5.60 Å². The molecule has 1 saturated heterocycles. The van der Waals surface area contributed by atoms with Gasteiger partial charge in [0.2, 0.25) is 0 Å². The summed E-state index contributed by atoms with van der Waals surface area (Å²) in [7, 11) is 0. The Morgan fingerprint density at radius 2 is 1.44 bits per heavy atom. The van der Waals surface area contributed by atoms with Crippen LogP contribution in [0.4, 0.5) is 4.79 Å². The van der Waals surface area contributed by atoms with Gasteiger partial charge in [-0.15, -0.1) is 0 Å². The Labute approximate surface area is 207 Å². The molecule has 0 saturated carbocycles. The summed E-state index contributed by atoms with van der Waals surface area (Å²) in [6.07, 6.45) is -0.391. The molecule has 2 aromatic carbocycles. The van der Waals surface area contributed by atoms with Gasteiger partial charge in [-0.05, 0) is 44.7 Å². The summed E-state index contributed by atoms with van der Waals surface area (Å²) < 4.78 is 5.40. The second kappa shape index (κ2) is 10.1. The van der Waals surface area contributed by atoms with Crippen LogP contribution in [0, 0.1) is 0 Å². The fraction of sp³-hybridized carbons (Fsp3) is 0.385. The van der Waals surface area contributed by atoms with Crippen LogP contribution in [0.5, 0.6) is 0 Å². The summed E-state index contributed by atoms with van der Waals surface area (Å²) in [5, 5.41) is 10.3. The van der Waals surface area contributed by atoms with Crippen molar-refractivity contribution in [1.29, 1.82) is 0 Å². The molecule has 1 N–H and O–H groups in total. The van der Waals surface area contributed by atoms with Crippen LogP contribution in [0.15, 0.2) is 48.5 Å². The molecule has 8 heteroatoms. The van der Waals surface area contributed by atoms with E-state index in [1.54, 1.807) is 57.2 Å². The van der Waals surface area contributed by atoms with Crippen molar-refractivity contribution in [2.24, 2.45) is 0 Å². The van der Waals surface area contributed by atoms with Gasteiger partial charge in [-0.2, -0.15) is 0 Å². The Balaban J connectivity index is 1.78. The summed E-state index contributed by atoms with van der Waals surface area (Å²) in [6, 6.07) is 14.0. The van der Waals surface area contributed by atoms with Crippen LogP contribution in [-0.2, 0) is 9.53 Å². The highest BCUT2D eigenvalue weighted by Crippen LogP contribution is 2.35. The molecule has 1 amide bonds. The highest BCUT2D eigenvalue weighted by Gasteiger charge is 2.52. The number of carboxylic acid groups (broad SMARTS) is 1. The average molecular weight is 530 g/mol. The van der Waals surface area contributed by atoms with Gasteiger partial charge < -0.3 is 9.84 Å². The van der Waals surface area contributed by atoms with Gasteiger partial charge in [0, 0.05) is 24.1 Å². The Kier molecular flexibility index (Phi) is 7.60. The molecule has 0 unspecified atom stereocenters. The van der Waals surface area contributed by atoms with Gasteiger partial charge in [-0.3, -0.25) is 14.5 Å². The van der Waals surface area contributed by atoms with E-state index < -0.39 is 23.2 Å². The van der Waals surface area contributed by atoms with E-state index in [2.05, 4.69) is 15.9 Å². The Morgan fingerprint density at radius 3 is 1.88 bits per heavy atom. The topological polar surface area (TPSA) is 101 Å². The molecule has 34 heavy (non-hydrogen) atoms. The third kappa shape index (κ3) is 5.55. The minimum atomic E-state index is -1.63. The molecular formula is C26H28BrNO6. The predicted molar refractivity (Wildman–Crippen MR) is 131 cm³/mol. The number of Topliss-reactive ketones (excluding diaryl/α,β-unsaturated/α-hetero) is 2. The normalized spacial score (nSPS) is 17.9. The third-order valence-electron chi connectivity index (χ3n) is 5.82. The molecule has 1 heterocycles. The standard InChI is InChI=1S/C26H28BrNO6/c1-25(2,3)34-24(33)28-14-4-13-26(28,23(31)32)15-21(29)19-9-5-17(6-10-19)18-7-11-20(12-8-18)22(30)16-27/h5-12H,4,13-16H2,1-3H3,(H,31,32)/t26-/m1/s1. The van der Waals surface area contributed by atoms with Crippen molar-refractivity contribution in [1.82, 2.24) is 4.90 Å². The summed E-state index contributed by atoms with van der Waals surface area (Å²) in [6.45, 7) is 5.36. The largest absolute Gasteiger partial charge is 0.479 e. The molecule has 0 spiro atoms. The average Bonchev–Trinajstić information content (AvgIpc) is 3.23. The summed E-state index contributed by atoms with van der Waals surface area (Å²) in [4.78, 5) is 51.0. The van der Waals surface area contributed by atoms with E-state index in [0.29, 0.717) is 17.5 Å². The highest BCUT2D eigenvalue weighted by atomic mass is 79.9. The molecule has 1 aliphatic heterocycles.